The molecule has 5 nitrogen and oxygen atoms in total. The van der Waals surface area contributed by atoms with E-state index in [-0.39, 0.29) is 5.91 Å². The molecule has 3 aromatic rings. The highest BCUT2D eigenvalue weighted by Crippen LogP contribution is 2.26. The highest BCUT2D eigenvalue weighted by Gasteiger charge is 2.12. The zero-order valence-electron chi connectivity index (χ0n) is 11.8. The number of rotatable bonds is 5. The van der Waals surface area contributed by atoms with E-state index in [0.29, 0.717) is 11.4 Å². The van der Waals surface area contributed by atoms with Gasteiger partial charge in [0.1, 0.15) is 0 Å². The summed E-state index contributed by atoms with van der Waals surface area (Å²) in [5, 5.41) is 8.88. The largest absolute Gasteiger partial charge is 0.297 e. The van der Waals surface area contributed by atoms with Gasteiger partial charge in [-0.3, -0.25) is 20.7 Å². The predicted molar refractivity (Wildman–Crippen MR) is 90.6 cm³/mol. The van der Waals surface area contributed by atoms with Gasteiger partial charge in [0.05, 0.1) is 21.1 Å². The Morgan fingerprint density at radius 3 is 2.86 bits per heavy atom. The normalized spacial score (nSPS) is 10.4. The lowest BCUT2D eigenvalue weighted by Gasteiger charge is -2.07. The lowest BCUT2D eigenvalue weighted by molar-refractivity contribution is 0.0937. The maximum atomic E-state index is 12.1. The summed E-state index contributed by atoms with van der Waals surface area (Å²) in [6, 6.07) is 9.63. The fourth-order valence-corrected chi connectivity index (χ4v) is 3.34. The van der Waals surface area contributed by atoms with Crippen molar-refractivity contribution in [2.75, 3.05) is 0 Å². The van der Waals surface area contributed by atoms with Crippen LogP contribution >= 0.6 is 22.7 Å². The van der Waals surface area contributed by atoms with Crippen LogP contribution in [0.5, 0.6) is 0 Å². The van der Waals surface area contributed by atoms with Crippen molar-refractivity contribution in [1.82, 2.24) is 21.0 Å². The monoisotopic (exact) mass is 330 g/mol. The Balaban J connectivity index is 1.63. The number of H-pyrrole nitrogens is 1. The Hall–Kier alpha value is -2.38. The minimum Gasteiger partial charge on any atom is -0.297 e. The summed E-state index contributed by atoms with van der Waals surface area (Å²) in [4.78, 5) is 15.3. The molecule has 3 N–H and O–H groups in total. The molecule has 0 radical (unpaired) electrons. The van der Waals surface area contributed by atoms with Gasteiger partial charge in [-0.15, -0.1) is 22.7 Å². The number of hydrogen-bond donors (Lipinski definition) is 3. The number of nitrogens with one attached hydrogen (secondary N) is 3. The average Bonchev–Trinajstić information content (AvgIpc) is 3.23. The standard InChI is InChI=1S/C15H14N4OS2/c1-9-5-6-14(22-9)11-8-12(18-17-11)15(20)19-16-10(2)13-4-3-7-21-13/h3-8,16H,2H2,1H3,(H,17,18)(H,19,20). The van der Waals surface area contributed by atoms with E-state index in [4.69, 9.17) is 0 Å². The Labute approximate surface area is 135 Å². The van der Waals surface area contributed by atoms with Gasteiger partial charge in [0.15, 0.2) is 5.69 Å². The van der Waals surface area contributed by atoms with E-state index in [1.165, 1.54) is 4.88 Å². The van der Waals surface area contributed by atoms with Gasteiger partial charge in [0, 0.05) is 4.88 Å². The Kier molecular flexibility index (Phi) is 4.08. The van der Waals surface area contributed by atoms with Gasteiger partial charge in [-0.2, -0.15) is 5.10 Å². The quantitative estimate of drug-likeness (QED) is 0.628. The van der Waals surface area contributed by atoms with Gasteiger partial charge < -0.3 is 0 Å². The Morgan fingerprint density at radius 1 is 1.32 bits per heavy atom. The van der Waals surface area contributed by atoms with Crippen LogP contribution in [0.1, 0.15) is 20.2 Å². The molecule has 0 unspecified atom stereocenters. The number of hydrazine groups is 1. The highest BCUT2D eigenvalue weighted by atomic mass is 32.1. The second kappa shape index (κ2) is 6.17. The van der Waals surface area contributed by atoms with Crippen LogP contribution in [-0.2, 0) is 0 Å². The molecule has 3 aromatic heterocycles. The van der Waals surface area contributed by atoms with Gasteiger partial charge in [0.2, 0.25) is 0 Å². The molecule has 0 aromatic carbocycles. The number of nitrogens with zero attached hydrogens (tertiary/aromatic N) is 1. The van der Waals surface area contributed by atoms with Crippen LogP contribution in [0.15, 0.2) is 42.3 Å². The number of hydrogen-bond acceptors (Lipinski definition) is 5. The summed E-state index contributed by atoms with van der Waals surface area (Å²) in [5.74, 6) is -0.312. The number of aromatic nitrogens is 2. The molecule has 0 saturated carbocycles. The van der Waals surface area contributed by atoms with Crippen molar-refractivity contribution in [3.63, 3.8) is 0 Å². The molecule has 112 valence electrons. The molecule has 3 heterocycles. The van der Waals surface area contributed by atoms with E-state index in [0.717, 1.165) is 15.4 Å². The third kappa shape index (κ3) is 3.10. The molecule has 1 amide bonds. The first kappa shape index (κ1) is 14.6. The summed E-state index contributed by atoms with van der Waals surface area (Å²) >= 11 is 3.20. The van der Waals surface area contributed by atoms with E-state index >= 15 is 0 Å². The van der Waals surface area contributed by atoms with Crippen molar-refractivity contribution in [3.05, 3.63) is 57.7 Å². The summed E-state index contributed by atoms with van der Waals surface area (Å²) in [5.41, 5.74) is 7.20. The number of amides is 1. The lowest BCUT2D eigenvalue weighted by atomic mass is 10.3. The zero-order chi connectivity index (χ0) is 15.5. The van der Waals surface area contributed by atoms with Crippen molar-refractivity contribution >= 4 is 34.3 Å². The lowest BCUT2D eigenvalue weighted by Crippen LogP contribution is -2.35. The van der Waals surface area contributed by atoms with Crippen LogP contribution in [0, 0.1) is 6.92 Å². The van der Waals surface area contributed by atoms with E-state index in [9.17, 15) is 4.79 Å². The summed E-state index contributed by atoms with van der Waals surface area (Å²) < 4.78 is 0. The number of aromatic amines is 1. The first-order valence-electron chi connectivity index (χ1n) is 6.55. The number of carbonyl (C=O) groups is 1. The Bertz CT molecular complexity index is 801. The fourth-order valence-electron chi connectivity index (χ4n) is 1.85. The van der Waals surface area contributed by atoms with Gasteiger partial charge in [-0.1, -0.05) is 12.6 Å². The van der Waals surface area contributed by atoms with Crippen molar-refractivity contribution in [1.29, 1.82) is 0 Å². The Morgan fingerprint density at radius 2 is 2.18 bits per heavy atom. The van der Waals surface area contributed by atoms with Gasteiger partial charge in [0.25, 0.3) is 5.91 Å². The van der Waals surface area contributed by atoms with Crippen molar-refractivity contribution in [2.45, 2.75) is 6.92 Å². The molecular weight excluding hydrogens is 316 g/mol. The summed E-state index contributed by atoms with van der Waals surface area (Å²) in [6.07, 6.45) is 0. The van der Waals surface area contributed by atoms with E-state index in [2.05, 4.69) is 27.6 Å². The first-order valence-corrected chi connectivity index (χ1v) is 8.24. The second-order valence-corrected chi connectivity index (χ2v) is 6.85. The molecule has 3 rings (SSSR count). The van der Waals surface area contributed by atoms with Gasteiger partial charge in [-0.25, -0.2) is 0 Å². The van der Waals surface area contributed by atoms with Crippen molar-refractivity contribution in [2.24, 2.45) is 0 Å². The molecule has 22 heavy (non-hydrogen) atoms. The zero-order valence-corrected chi connectivity index (χ0v) is 13.5. The van der Waals surface area contributed by atoms with Gasteiger partial charge in [-0.05, 0) is 36.6 Å². The van der Waals surface area contributed by atoms with Crippen LogP contribution in [0.4, 0.5) is 0 Å². The molecular formula is C15H14N4OS2. The van der Waals surface area contributed by atoms with Crippen LogP contribution in [0.25, 0.3) is 16.3 Å². The number of thiophene rings is 2. The summed E-state index contributed by atoms with van der Waals surface area (Å²) in [6.45, 7) is 5.92. The number of aryl methyl sites for hydroxylation is 1. The minimum atomic E-state index is -0.312. The molecule has 0 spiro atoms. The van der Waals surface area contributed by atoms with Crippen LogP contribution in [0.3, 0.4) is 0 Å². The molecule has 0 bridgehead atoms. The van der Waals surface area contributed by atoms with E-state index in [1.807, 2.05) is 36.6 Å². The third-order valence-corrected chi connectivity index (χ3v) is 4.93. The second-order valence-electron chi connectivity index (χ2n) is 4.61. The third-order valence-electron chi connectivity index (χ3n) is 2.96. The van der Waals surface area contributed by atoms with Crippen molar-refractivity contribution in [3.8, 4) is 10.6 Å². The maximum Gasteiger partial charge on any atom is 0.290 e. The molecule has 0 aliphatic rings. The molecule has 7 heteroatoms. The first-order chi connectivity index (χ1) is 10.6. The minimum absolute atomic E-state index is 0.312. The summed E-state index contributed by atoms with van der Waals surface area (Å²) in [7, 11) is 0. The van der Waals surface area contributed by atoms with E-state index in [1.54, 1.807) is 28.7 Å². The van der Waals surface area contributed by atoms with Gasteiger partial charge >= 0.3 is 0 Å². The molecule has 0 saturated heterocycles. The number of carbonyl (C=O) groups excluding carboxylic acids is 1. The highest BCUT2D eigenvalue weighted by molar-refractivity contribution is 7.15. The predicted octanol–water partition coefficient (Wildman–Crippen LogP) is 3.41. The molecule has 0 aliphatic heterocycles. The molecule has 0 atom stereocenters. The topological polar surface area (TPSA) is 69.8 Å². The van der Waals surface area contributed by atoms with Crippen LogP contribution < -0.4 is 10.9 Å². The molecule has 0 aliphatic carbocycles. The van der Waals surface area contributed by atoms with E-state index < -0.39 is 0 Å². The molecule has 0 fully saturated rings. The van der Waals surface area contributed by atoms with Crippen LogP contribution in [0.2, 0.25) is 0 Å². The fraction of sp³-hybridized carbons (Fsp3) is 0.0667. The van der Waals surface area contributed by atoms with Crippen molar-refractivity contribution < 1.29 is 4.79 Å². The van der Waals surface area contributed by atoms with Crippen LogP contribution in [-0.4, -0.2) is 16.1 Å². The SMILES string of the molecule is C=C(NNC(=O)c1cc(-c2ccc(C)s2)[nH]n1)c1cccs1. The maximum absolute atomic E-state index is 12.1. The average molecular weight is 330 g/mol. The smallest absolute Gasteiger partial charge is 0.290 e.